The fourth-order valence-corrected chi connectivity index (χ4v) is 5.53. The lowest BCUT2D eigenvalue weighted by Crippen LogP contribution is -2.36. The average molecular weight is 457 g/mol. The van der Waals surface area contributed by atoms with E-state index in [1.807, 2.05) is 77.3 Å². The van der Waals surface area contributed by atoms with Crippen LogP contribution in [0.5, 0.6) is 0 Å². The monoisotopic (exact) mass is 456 g/mol. The molecule has 0 saturated heterocycles. The number of carbonyl (C=O) groups is 3. The number of hydrogen-bond acceptors (Lipinski definition) is 5. The second kappa shape index (κ2) is 8.93. The van der Waals surface area contributed by atoms with Crippen LogP contribution in [-0.2, 0) is 16.1 Å². The van der Waals surface area contributed by atoms with Crippen LogP contribution in [0.15, 0.2) is 66.4 Å². The van der Waals surface area contributed by atoms with Crippen molar-refractivity contribution < 1.29 is 19.1 Å². The quantitative estimate of drug-likeness (QED) is 0.530. The first-order valence-corrected chi connectivity index (χ1v) is 11.7. The number of ether oxygens (including phenoxy) is 1. The summed E-state index contributed by atoms with van der Waals surface area (Å²) in [5, 5.41) is 0.813. The Balaban J connectivity index is 1.62. The lowest BCUT2D eigenvalue weighted by atomic mass is 9.77. The fraction of sp³-hybridized carbons (Fsp3) is 0.321. The van der Waals surface area contributed by atoms with E-state index in [4.69, 9.17) is 4.74 Å². The summed E-state index contributed by atoms with van der Waals surface area (Å²) >= 11 is 0. The molecular weight excluding hydrogens is 428 g/mol. The first-order valence-electron chi connectivity index (χ1n) is 11.7. The molecule has 1 aliphatic carbocycles. The third-order valence-corrected chi connectivity index (χ3v) is 7.11. The Bertz CT molecular complexity index is 1300. The van der Waals surface area contributed by atoms with Gasteiger partial charge in [0.2, 0.25) is 0 Å². The van der Waals surface area contributed by atoms with Gasteiger partial charge < -0.3 is 14.2 Å². The van der Waals surface area contributed by atoms with Gasteiger partial charge in [0.1, 0.15) is 0 Å². The summed E-state index contributed by atoms with van der Waals surface area (Å²) in [6.07, 6.45) is 3.01. The zero-order chi connectivity index (χ0) is 23.8. The molecule has 3 aromatic rings. The highest BCUT2D eigenvalue weighted by Crippen LogP contribution is 2.41. The molecule has 2 aliphatic rings. The summed E-state index contributed by atoms with van der Waals surface area (Å²) in [4.78, 5) is 41.6. The Hall–Kier alpha value is -3.67. The average Bonchev–Trinajstić information content (AvgIpc) is 3.12. The molecular formula is C28H28N2O4. The molecule has 34 heavy (non-hydrogen) atoms. The SMILES string of the molecule is COC(=O)CC[C@H]1CN(C)C=C2C(=O)c3c(n(Cc4ccccc4)c4ccccc34)C(=O)C[C@H]21. The van der Waals surface area contributed by atoms with Crippen LogP contribution in [0.4, 0.5) is 0 Å². The minimum absolute atomic E-state index is 0.0171. The van der Waals surface area contributed by atoms with Gasteiger partial charge in [0, 0.05) is 61.6 Å². The summed E-state index contributed by atoms with van der Waals surface area (Å²) < 4.78 is 6.83. The molecule has 0 radical (unpaired) electrons. The van der Waals surface area contributed by atoms with Gasteiger partial charge in [-0.25, -0.2) is 0 Å². The van der Waals surface area contributed by atoms with Crippen LogP contribution >= 0.6 is 0 Å². The number of ketones is 2. The van der Waals surface area contributed by atoms with Gasteiger partial charge in [-0.2, -0.15) is 0 Å². The predicted octanol–water partition coefficient (Wildman–Crippen LogP) is 4.47. The van der Waals surface area contributed by atoms with Gasteiger partial charge in [-0.05, 0) is 24.0 Å². The summed E-state index contributed by atoms with van der Waals surface area (Å²) in [6, 6.07) is 17.8. The van der Waals surface area contributed by atoms with Crippen LogP contribution in [0, 0.1) is 11.8 Å². The van der Waals surface area contributed by atoms with E-state index in [1.54, 1.807) is 0 Å². The van der Waals surface area contributed by atoms with Gasteiger partial charge in [-0.15, -0.1) is 0 Å². The maximum absolute atomic E-state index is 14.0. The van der Waals surface area contributed by atoms with Crippen molar-refractivity contribution in [2.45, 2.75) is 25.8 Å². The van der Waals surface area contributed by atoms with Gasteiger partial charge in [0.25, 0.3) is 0 Å². The van der Waals surface area contributed by atoms with Gasteiger partial charge in [-0.1, -0.05) is 48.5 Å². The third kappa shape index (κ3) is 3.83. The molecule has 2 heterocycles. The van der Waals surface area contributed by atoms with Crippen molar-refractivity contribution in [3.63, 3.8) is 0 Å². The first-order chi connectivity index (χ1) is 16.5. The largest absolute Gasteiger partial charge is 0.469 e. The summed E-state index contributed by atoms with van der Waals surface area (Å²) in [6.45, 7) is 1.21. The standard InChI is InChI=1S/C28H28N2O4/c1-29-16-19(12-13-25(32)34-2)21-14-24(31)27-26(28(33)22(21)17-29)20-10-6-7-11-23(20)30(27)15-18-8-4-3-5-9-18/h3-11,17,19,21H,12-16H2,1-2H3/t19-,21-/m0/s1. The molecule has 0 saturated carbocycles. The number of aromatic nitrogens is 1. The number of rotatable bonds is 5. The van der Waals surface area contributed by atoms with E-state index in [2.05, 4.69) is 0 Å². The molecule has 0 spiro atoms. The minimum Gasteiger partial charge on any atom is -0.469 e. The Labute approximate surface area is 198 Å². The van der Waals surface area contributed by atoms with Crippen molar-refractivity contribution in [1.82, 2.24) is 9.47 Å². The number of nitrogens with zero attached hydrogens (tertiary/aromatic N) is 2. The molecule has 6 nitrogen and oxygen atoms in total. The predicted molar refractivity (Wildman–Crippen MR) is 130 cm³/mol. The molecule has 0 N–H and O–H groups in total. The van der Waals surface area contributed by atoms with E-state index in [0.717, 1.165) is 16.5 Å². The number of benzene rings is 2. The molecule has 5 rings (SSSR count). The van der Waals surface area contributed by atoms with Crippen LogP contribution in [0.2, 0.25) is 0 Å². The van der Waals surface area contributed by atoms with Crippen molar-refractivity contribution in [2.24, 2.45) is 11.8 Å². The smallest absolute Gasteiger partial charge is 0.305 e. The molecule has 2 atom stereocenters. The highest BCUT2D eigenvalue weighted by atomic mass is 16.5. The third-order valence-electron chi connectivity index (χ3n) is 7.11. The van der Waals surface area contributed by atoms with E-state index in [-0.39, 0.29) is 42.2 Å². The van der Waals surface area contributed by atoms with E-state index >= 15 is 0 Å². The summed E-state index contributed by atoms with van der Waals surface area (Å²) in [5.41, 5.74) is 3.64. The molecule has 6 heteroatoms. The van der Waals surface area contributed by atoms with E-state index in [9.17, 15) is 14.4 Å². The van der Waals surface area contributed by atoms with Crippen molar-refractivity contribution in [3.8, 4) is 0 Å². The van der Waals surface area contributed by atoms with Gasteiger partial charge in [0.15, 0.2) is 11.6 Å². The number of para-hydroxylation sites is 1. The number of fused-ring (bicyclic) bond motifs is 4. The van der Waals surface area contributed by atoms with E-state index < -0.39 is 0 Å². The number of esters is 1. The zero-order valence-electron chi connectivity index (χ0n) is 19.5. The molecule has 2 aromatic carbocycles. The molecule has 1 aliphatic heterocycles. The maximum atomic E-state index is 14.0. The normalized spacial score (nSPS) is 19.9. The molecule has 1 aromatic heterocycles. The van der Waals surface area contributed by atoms with Gasteiger partial charge >= 0.3 is 5.97 Å². The van der Waals surface area contributed by atoms with Crippen LogP contribution in [0.3, 0.4) is 0 Å². The van der Waals surface area contributed by atoms with Crippen LogP contribution in [0.1, 0.15) is 45.7 Å². The Morgan fingerprint density at radius 2 is 1.79 bits per heavy atom. The highest BCUT2D eigenvalue weighted by molar-refractivity contribution is 6.24. The Morgan fingerprint density at radius 1 is 1.06 bits per heavy atom. The number of Topliss-reactive ketones (excluding diaryl/α,β-unsaturated/α-hetero) is 2. The lowest BCUT2D eigenvalue weighted by Gasteiger charge is -2.35. The molecule has 0 unspecified atom stereocenters. The van der Waals surface area contributed by atoms with E-state index in [0.29, 0.717) is 36.3 Å². The second-order valence-corrected chi connectivity index (χ2v) is 9.27. The topological polar surface area (TPSA) is 68.6 Å². The Kier molecular flexibility index (Phi) is 5.82. The number of hydrogen-bond donors (Lipinski definition) is 0. The van der Waals surface area contributed by atoms with Crippen molar-refractivity contribution >= 4 is 28.4 Å². The van der Waals surface area contributed by atoms with Crippen LogP contribution < -0.4 is 0 Å². The van der Waals surface area contributed by atoms with E-state index in [1.165, 1.54) is 7.11 Å². The van der Waals surface area contributed by atoms with Gasteiger partial charge in [-0.3, -0.25) is 14.4 Å². The molecule has 0 fully saturated rings. The first kappa shape index (κ1) is 22.1. The van der Waals surface area contributed by atoms with Crippen LogP contribution in [0.25, 0.3) is 10.9 Å². The summed E-state index contributed by atoms with van der Waals surface area (Å²) in [7, 11) is 3.32. The lowest BCUT2D eigenvalue weighted by molar-refractivity contribution is -0.141. The second-order valence-electron chi connectivity index (χ2n) is 9.27. The molecule has 174 valence electrons. The minimum atomic E-state index is -0.270. The maximum Gasteiger partial charge on any atom is 0.305 e. The van der Waals surface area contributed by atoms with Gasteiger partial charge in [0.05, 0.1) is 18.4 Å². The number of allylic oxidation sites excluding steroid dienone is 1. The number of carbonyl (C=O) groups excluding carboxylic acids is 3. The number of methoxy groups -OCH3 is 1. The Morgan fingerprint density at radius 3 is 2.56 bits per heavy atom. The van der Waals surface area contributed by atoms with Crippen molar-refractivity contribution in [2.75, 3.05) is 20.7 Å². The van der Waals surface area contributed by atoms with Crippen molar-refractivity contribution in [3.05, 3.63) is 83.2 Å². The summed E-state index contributed by atoms with van der Waals surface area (Å²) in [5.74, 6) is -0.555. The fourth-order valence-electron chi connectivity index (χ4n) is 5.53. The molecule has 0 bridgehead atoms. The van der Waals surface area contributed by atoms with Crippen molar-refractivity contribution in [1.29, 1.82) is 0 Å². The molecule has 0 amide bonds. The highest BCUT2D eigenvalue weighted by Gasteiger charge is 2.41. The van der Waals surface area contributed by atoms with Crippen LogP contribution in [-0.4, -0.2) is 47.7 Å². The zero-order valence-corrected chi connectivity index (χ0v) is 19.5.